The van der Waals surface area contributed by atoms with E-state index in [9.17, 15) is 14.7 Å². The van der Waals surface area contributed by atoms with Gasteiger partial charge in [-0.3, -0.25) is 9.59 Å². The van der Waals surface area contributed by atoms with E-state index in [-0.39, 0.29) is 5.97 Å². The third kappa shape index (κ3) is 12.8. The van der Waals surface area contributed by atoms with E-state index in [1.165, 1.54) is 70.6 Å². The Balaban J connectivity index is 1.90. The number of allylic oxidation sites excluding steroid dienone is 2. The highest BCUT2D eigenvalue weighted by Crippen LogP contribution is 2.31. The highest BCUT2D eigenvalue weighted by molar-refractivity contribution is 5.81. The Bertz CT molecular complexity index is 458. The summed E-state index contributed by atoms with van der Waals surface area (Å²) in [5.41, 5.74) is 0. The maximum atomic E-state index is 12.2. The maximum Gasteiger partial charge on any atom is 0.309 e. The number of hydrogen-bond donors (Lipinski definition) is 1. The van der Waals surface area contributed by atoms with E-state index in [4.69, 9.17) is 4.74 Å². The molecule has 2 unspecified atom stereocenters. The Morgan fingerprint density at radius 2 is 1.31 bits per heavy atom. The standard InChI is InChI=1S/C25H44O4/c1-2-3-4-5-6-7-8-9-10-11-12-13-14-15-18-21-29-25(28)23-20-17-16-19-22(23)24(26)27/h8-9,22-23H,2-7,10-21H2,1H3,(H,26,27)/b9-8+. The van der Waals surface area contributed by atoms with Crippen LogP contribution in [0.15, 0.2) is 12.2 Å². The van der Waals surface area contributed by atoms with Crippen molar-refractivity contribution in [2.24, 2.45) is 11.8 Å². The van der Waals surface area contributed by atoms with Crippen molar-refractivity contribution in [2.45, 2.75) is 116 Å². The molecule has 0 radical (unpaired) electrons. The minimum Gasteiger partial charge on any atom is -0.481 e. The summed E-state index contributed by atoms with van der Waals surface area (Å²) < 4.78 is 5.36. The lowest BCUT2D eigenvalue weighted by Gasteiger charge is -2.26. The normalized spacial score (nSPS) is 19.5. The van der Waals surface area contributed by atoms with Crippen molar-refractivity contribution in [3.8, 4) is 0 Å². The Morgan fingerprint density at radius 3 is 1.90 bits per heavy atom. The Hall–Kier alpha value is -1.32. The van der Waals surface area contributed by atoms with Crippen LogP contribution in [0.3, 0.4) is 0 Å². The molecule has 1 aliphatic rings. The summed E-state index contributed by atoms with van der Waals surface area (Å²) >= 11 is 0. The van der Waals surface area contributed by atoms with Gasteiger partial charge in [0.05, 0.1) is 18.4 Å². The van der Waals surface area contributed by atoms with Crippen LogP contribution in [0.5, 0.6) is 0 Å². The second kappa shape index (κ2) is 17.5. The Kier molecular flexibility index (Phi) is 15.5. The number of unbranched alkanes of at least 4 members (excludes halogenated alkanes) is 11. The van der Waals surface area contributed by atoms with Crippen molar-refractivity contribution >= 4 is 11.9 Å². The average Bonchev–Trinajstić information content (AvgIpc) is 2.73. The van der Waals surface area contributed by atoms with Gasteiger partial charge in [0.25, 0.3) is 0 Å². The van der Waals surface area contributed by atoms with Gasteiger partial charge in [-0.15, -0.1) is 0 Å². The third-order valence-corrected chi connectivity index (χ3v) is 6.04. The van der Waals surface area contributed by atoms with Crippen LogP contribution in [0.2, 0.25) is 0 Å². The fourth-order valence-corrected chi connectivity index (χ4v) is 4.16. The first kappa shape index (κ1) is 25.7. The molecule has 168 valence electrons. The number of carboxylic acid groups (broad SMARTS) is 1. The van der Waals surface area contributed by atoms with E-state index in [2.05, 4.69) is 19.1 Å². The smallest absolute Gasteiger partial charge is 0.309 e. The van der Waals surface area contributed by atoms with E-state index in [1.54, 1.807) is 0 Å². The minimum absolute atomic E-state index is 0.297. The molecular formula is C25H44O4. The zero-order valence-corrected chi connectivity index (χ0v) is 18.7. The fraction of sp³-hybridized carbons (Fsp3) is 0.840. The topological polar surface area (TPSA) is 63.6 Å². The molecule has 4 heteroatoms. The highest BCUT2D eigenvalue weighted by atomic mass is 16.5. The molecule has 29 heavy (non-hydrogen) atoms. The first-order valence-corrected chi connectivity index (χ1v) is 12.2. The summed E-state index contributed by atoms with van der Waals surface area (Å²) in [7, 11) is 0. The number of ether oxygens (including phenoxy) is 1. The Labute approximate surface area is 178 Å². The van der Waals surface area contributed by atoms with Crippen molar-refractivity contribution in [3.63, 3.8) is 0 Å². The van der Waals surface area contributed by atoms with Crippen LogP contribution in [-0.2, 0) is 14.3 Å². The number of carbonyl (C=O) groups is 2. The van der Waals surface area contributed by atoms with Gasteiger partial charge in [-0.1, -0.05) is 83.3 Å². The number of hydrogen-bond acceptors (Lipinski definition) is 3. The maximum absolute atomic E-state index is 12.2. The lowest BCUT2D eigenvalue weighted by Crippen LogP contribution is -2.33. The van der Waals surface area contributed by atoms with Gasteiger partial charge in [0.2, 0.25) is 0 Å². The molecule has 1 saturated carbocycles. The van der Waals surface area contributed by atoms with E-state index < -0.39 is 17.8 Å². The van der Waals surface area contributed by atoms with Crippen molar-refractivity contribution in [2.75, 3.05) is 6.61 Å². The summed E-state index contributed by atoms with van der Waals surface area (Å²) in [6.07, 6.45) is 23.9. The van der Waals surface area contributed by atoms with E-state index in [0.717, 1.165) is 25.7 Å². The number of esters is 1. The summed E-state index contributed by atoms with van der Waals surface area (Å²) in [6.45, 7) is 2.69. The molecule has 0 bridgehead atoms. The zero-order valence-electron chi connectivity index (χ0n) is 18.7. The summed E-state index contributed by atoms with van der Waals surface area (Å²) in [5.74, 6) is -2.14. The molecule has 0 aromatic carbocycles. The predicted octanol–water partition coefficient (Wildman–Crippen LogP) is 7.07. The molecule has 2 atom stereocenters. The number of rotatable bonds is 17. The minimum atomic E-state index is -0.853. The highest BCUT2D eigenvalue weighted by Gasteiger charge is 2.36. The second-order valence-electron chi connectivity index (χ2n) is 8.59. The van der Waals surface area contributed by atoms with Crippen molar-refractivity contribution in [1.29, 1.82) is 0 Å². The monoisotopic (exact) mass is 408 g/mol. The predicted molar refractivity (Wildman–Crippen MR) is 119 cm³/mol. The lowest BCUT2D eigenvalue weighted by atomic mass is 9.79. The fourth-order valence-electron chi connectivity index (χ4n) is 4.16. The zero-order chi connectivity index (χ0) is 21.2. The van der Waals surface area contributed by atoms with Gasteiger partial charge in [-0.2, -0.15) is 0 Å². The molecule has 0 aliphatic heterocycles. The van der Waals surface area contributed by atoms with E-state index in [0.29, 0.717) is 19.4 Å². The molecule has 0 aromatic rings. The molecule has 1 fully saturated rings. The van der Waals surface area contributed by atoms with Crippen molar-refractivity contribution in [3.05, 3.63) is 12.2 Å². The second-order valence-corrected chi connectivity index (χ2v) is 8.59. The largest absolute Gasteiger partial charge is 0.481 e. The molecule has 0 aromatic heterocycles. The van der Waals surface area contributed by atoms with Crippen LogP contribution in [0.4, 0.5) is 0 Å². The molecule has 1 N–H and O–H groups in total. The van der Waals surface area contributed by atoms with Gasteiger partial charge < -0.3 is 9.84 Å². The molecule has 1 rings (SSSR count). The van der Waals surface area contributed by atoms with Crippen LogP contribution in [0.1, 0.15) is 116 Å². The van der Waals surface area contributed by atoms with Crippen molar-refractivity contribution in [1.82, 2.24) is 0 Å². The molecule has 0 spiro atoms. The Morgan fingerprint density at radius 1 is 0.793 bits per heavy atom. The van der Waals surface area contributed by atoms with Crippen LogP contribution >= 0.6 is 0 Å². The van der Waals surface area contributed by atoms with Gasteiger partial charge in [-0.25, -0.2) is 0 Å². The molecule has 0 saturated heterocycles. The van der Waals surface area contributed by atoms with E-state index in [1.807, 2.05) is 0 Å². The quantitative estimate of drug-likeness (QED) is 0.159. The molecule has 0 amide bonds. The number of aliphatic carboxylic acids is 1. The molecule has 4 nitrogen and oxygen atoms in total. The molecular weight excluding hydrogens is 364 g/mol. The van der Waals surface area contributed by atoms with Gasteiger partial charge in [0.1, 0.15) is 0 Å². The van der Waals surface area contributed by atoms with Crippen LogP contribution in [0, 0.1) is 11.8 Å². The summed E-state index contributed by atoms with van der Waals surface area (Å²) in [5, 5.41) is 9.26. The van der Waals surface area contributed by atoms with Crippen LogP contribution in [0.25, 0.3) is 0 Å². The van der Waals surface area contributed by atoms with Crippen LogP contribution in [-0.4, -0.2) is 23.7 Å². The SMILES string of the molecule is CCCCCCC/C=C/CCCCCCCCOC(=O)C1CCCCC1C(=O)O. The average molecular weight is 409 g/mol. The molecule has 0 heterocycles. The first-order chi connectivity index (χ1) is 14.2. The van der Waals surface area contributed by atoms with Crippen LogP contribution < -0.4 is 0 Å². The van der Waals surface area contributed by atoms with Crippen molar-refractivity contribution < 1.29 is 19.4 Å². The van der Waals surface area contributed by atoms with Gasteiger partial charge in [0.15, 0.2) is 0 Å². The first-order valence-electron chi connectivity index (χ1n) is 12.2. The van der Waals surface area contributed by atoms with Gasteiger partial charge in [-0.05, 0) is 44.9 Å². The third-order valence-electron chi connectivity index (χ3n) is 6.04. The van der Waals surface area contributed by atoms with E-state index >= 15 is 0 Å². The summed E-state index contributed by atoms with van der Waals surface area (Å²) in [4.78, 5) is 23.4. The number of carboxylic acids is 1. The molecule has 1 aliphatic carbocycles. The number of carbonyl (C=O) groups excluding carboxylic acids is 1. The summed E-state index contributed by atoms with van der Waals surface area (Å²) in [6, 6.07) is 0. The lowest BCUT2D eigenvalue weighted by molar-refractivity contribution is -0.159. The van der Waals surface area contributed by atoms with Gasteiger partial charge >= 0.3 is 11.9 Å². The van der Waals surface area contributed by atoms with Gasteiger partial charge in [0, 0.05) is 0 Å².